The lowest BCUT2D eigenvalue weighted by Crippen LogP contribution is -2.71. The van der Waals surface area contributed by atoms with Crippen molar-refractivity contribution in [2.45, 2.75) is 90.1 Å². The SMILES string of the molecule is CCCC(C)(C)[Si](NCC)(NCC)C1CCCCC1. The molecule has 3 heteroatoms. The Kier molecular flexibility index (Phi) is 7.05. The van der Waals surface area contributed by atoms with Crippen LogP contribution in [0, 0.1) is 0 Å². The van der Waals surface area contributed by atoms with Crippen molar-refractivity contribution in [3.63, 3.8) is 0 Å². The predicted octanol–water partition coefficient (Wildman–Crippen LogP) is 4.56. The number of hydrogen-bond acceptors (Lipinski definition) is 2. The molecule has 1 rings (SSSR count). The van der Waals surface area contributed by atoms with Gasteiger partial charge < -0.3 is 9.96 Å². The highest BCUT2D eigenvalue weighted by Gasteiger charge is 2.52. The molecule has 1 saturated carbocycles. The minimum atomic E-state index is -1.64. The molecule has 1 aliphatic rings. The molecule has 0 heterocycles. The van der Waals surface area contributed by atoms with Crippen molar-refractivity contribution in [1.82, 2.24) is 9.96 Å². The van der Waals surface area contributed by atoms with Crippen molar-refractivity contribution in [1.29, 1.82) is 0 Å². The van der Waals surface area contributed by atoms with Gasteiger partial charge in [0.25, 0.3) is 0 Å². The number of rotatable bonds is 8. The van der Waals surface area contributed by atoms with E-state index < -0.39 is 8.40 Å². The molecule has 0 aliphatic heterocycles. The highest BCUT2D eigenvalue weighted by Crippen LogP contribution is 2.49. The molecule has 0 saturated heterocycles. The van der Waals surface area contributed by atoms with Crippen LogP contribution in [0.4, 0.5) is 0 Å². The Morgan fingerprint density at radius 1 is 0.947 bits per heavy atom. The van der Waals surface area contributed by atoms with E-state index in [0.717, 1.165) is 18.6 Å². The fourth-order valence-electron chi connectivity index (χ4n) is 4.30. The Morgan fingerprint density at radius 2 is 1.47 bits per heavy atom. The van der Waals surface area contributed by atoms with E-state index in [0.29, 0.717) is 5.04 Å². The molecule has 1 aliphatic carbocycles. The Hall–Kier alpha value is 0.137. The second kappa shape index (κ2) is 7.80. The fourth-order valence-corrected chi connectivity index (χ4v) is 10.1. The minimum Gasteiger partial charge on any atom is -0.325 e. The molecule has 0 unspecified atom stereocenters. The van der Waals surface area contributed by atoms with Gasteiger partial charge in [-0.15, -0.1) is 0 Å². The lowest BCUT2D eigenvalue weighted by atomic mass is 10.00. The summed E-state index contributed by atoms with van der Waals surface area (Å²) in [6, 6.07) is 0. The van der Waals surface area contributed by atoms with Crippen molar-refractivity contribution in [3.05, 3.63) is 0 Å². The highest BCUT2D eigenvalue weighted by molar-refractivity contribution is 6.79. The second-order valence-corrected chi connectivity index (χ2v) is 11.3. The summed E-state index contributed by atoms with van der Waals surface area (Å²) >= 11 is 0. The molecule has 1 fully saturated rings. The van der Waals surface area contributed by atoms with Gasteiger partial charge in [0.1, 0.15) is 0 Å². The summed E-state index contributed by atoms with van der Waals surface area (Å²) in [7, 11) is -1.64. The maximum Gasteiger partial charge on any atom is 0.210 e. The number of hydrogen-bond donors (Lipinski definition) is 2. The third kappa shape index (κ3) is 3.83. The van der Waals surface area contributed by atoms with Gasteiger partial charge in [0.15, 0.2) is 0 Å². The third-order valence-electron chi connectivity index (χ3n) is 5.07. The van der Waals surface area contributed by atoms with Crippen LogP contribution in [0.1, 0.15) is 79.6 Å². The summed E-state index contributed by atoms with van der Waals surface area (Å²) in [5.41, 5.74) is 0.919. The van der Waals surface area contributed by atoms with E-state index in [-0.39, 0.29) is 0 Å². The van der Waals surface area contributed by atoms with Crippen molar-refractivity contribution in [2.24, 2.45) is 0 Å². The van der Waals surface area contributed by atoms with Crippen LogP contribution in [-0.2, 0) is 0 Å². The summed E-state index contributed by atoms with van der Waals surface area (Å²) in [4.78, 5) is 8.04. The Bertz CT molecular complexity index is 241. The van der Waals surface area contributed by atoms with Gasteiger partial charge in [-0.25, -0.2) is 0 Å². The number of nitrogens with one attached hydrogen (secondary N) is 2. The normalized spacial score (nSPS) is 18.8. The van der Waals surface area contributed by atoms with Crippen molar-refractivity contribution < 1.29 is 0 Å². The van der Waals surface area contributed by atoms with Gasteiger partial charge in [-0.2, -0.15) is 0 Å². The smallest absolute Gasteiger partial charge is 0.210 e. The molecule has 0 atom stereocenters. The zero-order valence-corrected chi connectivity index (χ0v) is 14.9. The highest BCUT2D eigenvalue weighted by atomic mass is 28.3. The van der Waals surface area contributed by atoms with E-state index in [1.807, 2.05) is 0 Å². The van der Waals surface area contributed by atoms with E-state index in [2.05, 4.69) is 44.6 Å². The van der Waals surface area contributed by atoms with Crippen molar-refractivity contribution >= 4 is 8.40 Å². The first kappa shape index (κ1) is 17.2. The molecule has 0 radical (unpaired) electrons. The monoisotopic (exact) mass is 284 g/mol. The summed E-state index contributed by atoms with van der Waals surface area (Å²) in [5.74, 6) is 0. The van der Waals surface area contributed by atoms with E-state index in [1.165, 1.54) is 44.9 Å². The first-order valence-electron chi connectivity index (χ1n) is 8.54. The first-order chi connectivity index (χ1) is 9.04. The Labute approximate surface area is 122 Å². The summed E-state index contributed by atoms with van der Waals surface area (Å²) in [5, 5.41) is 0.440. The van der Waals surface area contributed by atoms with E-state index in [4.69, 9.17) is 0 Å². The van der Waals surface area contributed by atoms with Crippen LogP contribution in [0.3, 0.4) is 0 Å². The minimum absolute atomic E-state index is 0.440. The van der Waals surface area contributed by atoms with Gasteiger partial charge in [0, 0.05) is 0 Å². The summed E-state index contributed by atoms with van der Waals surface area (Å²) in [6.45, 7) is 14.2. The lowest BCUT2D eigenvalue weighted by molar-refractivity contribution is 0.440. The van der Waals surface area contributed by atoms with E-state index in [9.17, 15) is 0 Å². The van der Waals surface area contributed by atoms with Crippen LogP contribution in [0.25, 0.3) is 0 Å². The molecule has 114 valence electrons. The summed E-state index contributed by atoms with van der Waals surface area (Å²) in [6.07, 6.45) is 9.87. The Balaban J connectivity index is 3.03. The van der Waals surface area contributed by atoms with Crippen LogP contribution < -0.4 is 9.96 Å². The van der Waals surface area contributed by atoms with Gasteiger partial charge >= 0.3 is 0 Å². The fraction of sp³-hybridized carbons (Fsp3) is 1.00. The Morgan fingerprint density at radius 3 is 1.89 bits per heavy atom. The van der Waals surface area contributed by atoms with Crippen LogP contribution in [0.15, 0.2) is 0 Å². The lowest BCUT2D eigenvalue weighted by Gasteiger charge is -2.51. The van der Waals surface area contributed by atoms with Crippen LogP contribution in [0.5, 0.6) is 0 Å². The van der Waals surface area contributed by atoms with Gasteiger partial charge in [-0.3, -0.25) is 0 Å². The van der Waals surface area contributed by atoms with Gasteiger partial charge in [0.05, 0.1) is 0 Å². The first-order valence-corrected chi connectivity index (χ1v) is 10.6. The van der Waals surface area contributed by atoms with Gasteiger partial charge in [-0.1, -0.05) is 73.1 Å². The quantitative estimate of drug-likeness (QED) is 0.638. The van der Waals surface area contributed by atoms with Crippen LogP contribution in [-0.4, -0.2) is 21.5 Å². The van der Waals surface area contributed by atoms with E-state index >= 15 is 0 Å². The molecular formula is C16H36N2Si. The molecular weight excluding hydrogens is 248 g/mol. The maximum absolute atomic E-state index is 4.02. The molecule has 0 bridgehead atoms. The van der Waals surface area contributed by atoms with Crippen molar-refractivity contribution in [2.75, 3.05) is 13.1 Å². The molecule has 0 aromatic carbocycles. The second-order valence-electron chi connectivity index (χ2n) is 6.84. The summed E-state index contributed by atoms with van der Waals surface area (Å²) < 4.78 is 0. The average Bonchev–Trinajstić information content (AvgIpc) is 2.39. The molecule has 2 N–H and O–H groups in total. The largest absolute Gasteiger partial charge is 0.325 e. The molecule has 0 aromatic heterocycles. The molecule has 0 spiro atoms. The van der Waals surface area contributed by atoms with Gasteiger partial charge in [-0.05, 0) is 30.1 Å². The molecule has 0 amide bonds. The van der Waals surface area contributed by atoms with Gasteiger partial charge in [0.2, 0.25) is 8.40 Å². The third-order valence-corrected chi connectivity index (χ3v) is 11.1. The standard InChI is InChI=1S/C16H36N2Si/c1-6-14-16(4,5)19(17-7-2,18-8-3)15-12-10-9-11-13-15/h15,17-18H,6-14H2,1-5H3. The zero-order valence-electron chi connectivity index (χ0n) is 13.9. The maximum atomic E-state index is 4.02. The van der Waals surface area contributed by atoms with Crippen molar-refractivity contribution in [3.8, 4) is 0 Å². The predicted molar refractivity (Wildman–Crippen MR) is 88.9 cm³/mol. The molecule has 2 nitrogen and oxygen atoms in total. The van der Waals surface area contributed by atoms with Crippen LogP contribution >= 0.6 is 0 Å². The van der Waals surface area contributed by atoms with Crippen LogP contribution in [0.2, 0.25) is 10.6 Å². The topological polar surface area (TPSA) is 24.1 Å². The zero-order chi connectivity index (χ0) is 14.4. The molecule has 0 aromatic rings. The van der Waals surface area contributed by atoms with E-state index in [1.54, 1.807) is 0 Å². The average molecular weight is 285 g/mol. The molecule has 19 heavy (non-hydrogen) atoms.